The third kappa shape index (κ3) is 2.87. The minimum absolute atomic E-state index is 0.278. The number of benzene rings is 1. The Morgan fingerprint density at radius 2 is 2.20 bits per heavy atom. The van der Waals surface area contributed by atoms with Crippen LogP contribution in [0.4, 0.5) is 11.4 Å². The number of pyridine rings is 1. The van der Waals surface area contributed by atoms with E-state index in [4.69, 9.17) is 22.6 Å². The smallest absolute Gasteiger partial charge is 0.259 e. The summed E-state index contributed by atoms with van der Waals surface area (Å²) in [6.45, 7) is 1.79. The Kier molecular flexibility index (Phi) is 3.87. The molecule has 0 radical (unpaired) electrons. The van der Waals surface area contributed by atoms with Gasteiger partial charge in [0, 0.05) is 23.3 Å². The third-order valence-corrected chi connectivity index (χ3v) is 2.98. The summed E-state index contributed by atoms with van der Waals surface area (Å²) in [5.74, 6) is -0.379. The van der Waals surface area contributed by atoms with E-state index in [1.54, 1.807) is 19.1 Å². The van der Waals surface area contributed by atoms with Gasteiger partial charge in [-0.2, -0.15) is 5.26 Å². The number of hydrogen-bond donors (Lipinski definition) is 2. The predicted octanol–water partition coefficient (Wildman–Crippen LogP) is 2.75. The zero-order valence-corrected chi connectivity index (χ0v) is 11.4. The van der Waals surface area contributed by atoms with Gasteiger partial charge in [0.15, 0.2) is 0 Å². The highest BCUT2D eigenvalue weighted by molar-refractivity contribution is 6.32. The lowest BCUT2D eigenvalue weighted by Gasteiger charge is -2.08. The van der Waals surface area contributed by atoms with Gasteiger partial charge in [0.05, 0.1) is 16.1 Å². The van der Waals surface area contributed by atoms with Crippen molar-refractivity contribution >= 4 is 28.9 Å². The highest BCUT2D eigenvalue weighted by Crippen LogP contribution is 2.21. The fourth-order valence-corrected chi connectivity index (χ4v) is 1.88. The fraction of sp³-hybridized carbons (Fsp3) is 0.0714. The molecule has 0 bridgehead atoms. The summed E-state index contributed by atoms with van der Waals surface area (Å²) >= 11 is 5.90. The molecular formula is C14H11ClN4O. The van der Waals surface area contributed by atoms with E-state index >= 15 is 0 Å². The summed E-state index contributed by atoms with van der Waals surface area (Å²) in [4.78, 5) is 16.1. The van der Waals surface area contributed by atoms with Gasteiger partial charge in [-0.25, -0.2) is 0 Å². The molecule has 100 valence electrons. The first-order valence-corrected chi connectivity index (χ1v) is 6.12. The van der Waals surface area contributed by atoms with Crippen molar-refractivity contribution in [3.63, 3.8) is 0 Å². The van der Waals surface area contributed by atoms with Crippen LogP contribution in [-0.4, -0.2) is 10.9 Å². The molecule has 1 aromatic carbocycles. The summed E-state index contributed by atoms with van der Waals surface area (Å²) in [5, 5.41) is 11.7. The monoisotopic (exact) mass is 286 g/mol. The molecule has 0 fully saturated rings. The molecule has 0 aliphatic rings. The molecule has 1 amide bonds. The van der Waals surface area contributed by atoms with Gasteiger partial charge in [0.1, 0.15) is 6.07 Å². The summed E-state index contributed by atoms with van der Waals surface area (Å²) in [6, 6.07) is 8.22. The molecule has 0 saturated heterocycles. The van der Waals surface area contributed by atoms with E-state index in [1.165, 1.54) is 18.3 Å². The Hall–Kier alpha value is -2.58. The van der Waals surface area contributed by atoms with Crippen molar-refractivity contribution in [1.82, 2.24) is 4.98 Å². The quantitative estimate of drug-likeness (QED) is 0.888. The summed E-state index contributed by atoms with van der Waals surface area (Å²) in [7, 11) is 0. The van der Waals surface area contributed by atoms with Crippen LogP contribution in [0.2, 0.25) is 5.02 Å². The van der Waals surface area contributed by atoms with Crippen molar-refractivity contribution in [1.29, 1.82) is 5.26 Å². The second kappa shape index (κ2) is 5.59. The number of amides is 1. The first kappa shape index (κ1) is 13.8. The zero-order chi connectivity index (χ0) is 14.7. The number of carbonyl (C=O) groups is 1. The van der Waals surface area contributed by atoms with Crippen molar-refractivity contribution < 1.29 is 4.79 Å². The Morgan fingerprint density at radius 3 is 2.80 bits per heavy atom. The summed E-state index contributed by atoms with van der Waals surface area (Å²) < 4.78 is 0. The number of nitriles is 1. The lowest BCUT2D eigenvalue weighted by atomic mass is 10.2. The minimum Gasteiger partial charge on any atom is -0.398 e. The number of nitrogens with zero attached hydrogens (tertiary/aromatic N) is 2. The SMILES string of the molecule is Cc1cc(N)c(C(=O)Nc2ccc(C#N)c(Cl)c2)cn1. The maximum Gasteiger partial charge on any atom is 0.259 e. The van der Waals surface area contributed by atoms with Gasteiger partial charge in [-0.05, 0) is 31.2 Å². The molecule has 20 heavy (non-hydrogen) atoms. The average Bonchev–Trinajstić information content (AvgIpc) is 2.38. The summed E-state index contributed by atoms with van der Waals surface area (Å²) in [5.41, 5.74) is 8.00. The van der Waals surface area contributed by atoms with Gasteiger partial charge in [0.25, 0.3) is 5.91 Å². The van der Waals surface area contributed by atoms with E-state index in [0.29, 0.717) is 16.9 Å². The molecule has 0 saturated carbocycles. The molecule has 0 spiro atoms. The largest absolute Gasteiger partial charge is 0.398 e. The topological polar surface area (TPSA) is 91.8 Å². The van der Waals surface area contributed by atoms with E-state index in [2.05, 4.69) is 10.3 Å². The number of aryl methyl sites for hydroxylation is 1. The molecular weight excluding hydrogens is 276 g/mol. The Bertz CT molecular complexity index is 722. The van der Waals surface area contributed by atoms with Gasteiger partial charge < -0.3 is 11.1 Å². The van der Waals surface area contributed by atoms with Gasteiger partial charge >= 0.3 is 0 Å². The van der Waals surface area contributed by atoms with Crippen LogP contribution >= 0.6 is 11.6 Å². The van der Waals surface area contributed by atoms with E-state index in [1.807, 2.05) is 6.07 Å². The Morgan fingerprint density at radius 1 is 1.45 bits per heavy atom. The molecule has 5 nitrogen and oxygen atoms in total. The molecule has 2 aromatic rings. The second-order valence-corrected chi connectivity index (χ2v) is 4.58. The van der Waals surface area contributed by atoms with Crippen LogP contribution in [-0.2, 0) is 0 Å². The van der Waals surface area contributed by atoms with Crippen molar-refractivity contribution in [2.45, 2.75) is 6.92 Å². The molecule has 0 unspecified atom stereocenters. The fourth-order valence-electron chi connectivity index (χ4n) is 1.65. The maximum atomic E-state index is 12.1. The molecule has 0 aliphatic heterocycles. The lowest BCUT2D eigenvalue weighted by molar-refractivity contribution is 0.102. The van der Waals surface area contributed by atoms with Gasteiger partial charge in [0.2, 0.25) is 0 Å². The molecule has 3 N–H and O–H groups in total. The number of hydrogen-bond acceptors (Lipinski definition) is 4. The molecule has 2 rings (SSSR count). The van der Waals surface area contributed by atoms with Crippen molar-refractivity contribution in [3.8, 4) is 6.07 Å². The van der Waals surface area contributed by atoms with Crippen LogP contribution in [0.5, 0.6) is 0 Å². The number of nitrogens with one attached hydrogen (secondary N) is 1. The van der Waals surface area contributed by atoms with Crippen LogP contribution in [0.25, 0.3) is 0 Å². The molecule has 1 aromatic heterocycles. The Balaban J connectivity index is 2.24. The number of nitrogen functional groups attached to an aromatic ring is 1. The standard InChI is InChI=1S/C14H11ClN4O/c1-8-4-13(17)11(7-18-8)14(20)19-10-3-2-9(6-16)12(15)5-10/h2-5,7H,1H3,(H2,17,18)(H,19,20). The number of anilines is 2. The van der Waals surface area contributed by atoms with Crippen molar-refractivity contribution in [2.24, 2.45) is 0 Å². The van der Waals surface area contributed by atoms with E-state index in [0.717, 1.165) is 5.69 Å². The maximum absolute atomic E-state index is 12.1. The first-order chi connectivity index (χ1) is 9.51. The number of nitrogens with two attached hydrogens (primary N) is 1. The number of carbonyl (C=O) groups excluding carboxylic acids is 1. The van der Waals surface area contributed by atoms with Crippen LogP contribution in [0, 0.1) is 18.3 Å². The van der Waals surface area contributed by atoms with Crippen molar-refractivity contribution in [2.75, 3.05) is 11.1 Å². The van der Waals surface area contributed by atoms with Gasteiger partial charge in [-0.1, -0.05) is 11.6 Å². The summed E-state index contributed by atoms with van der Waals surface area (Å²) in [6.07, 6.45) is 1.42. The van der Waals surface area contributed by atoms with Crippen LogP contribution in [0.3, 0.4) is 0 Å². The molecule has 0 atom stereocenters. The highest BCUT2D eigenvalue weighted by atomic mass is 35.5. The highest BCUT2D eigenvalue weighted by Gasteiger charge is 2.11. The minimum atomic E-state index is -0.379. The van der Waals surface area contributed by atoms with E-state index in [9.17, 15) is 4.79 Å². The first-order valence-electron chi connectivity index (χ1n) is 5.74. The van der Waals surface area contributed by atoms with E-state index in [-0.39, 0.29) is 16.5 Å². The number of rotatable bonds is 2. The Labute approximate surface area is 121 Å². The molecule has 6 heteroatoms. The van der Waals surface area contributed by atoms with E-state index < -0.39 is 0 Å². The second-order valence-electron chi connectivity index (χ2n) is 4.17. The number of halogens is 1. The normalized spacial score (nSPS) is 9.85. The van der Waals surface area contributed by atoms with Crippen LogP contribution in [0.1, 0.15) is 21.6 Å². The zero-order valence-electron chi connectivity index (χ0n) is 10.6. The average molecular weight is 287 g/mol. The molecule has 1 heterocycles. The van der Waals surface area contributed by atoms with Crippen molar-refractivity contribution in [3.05, 3.63) is 52.3 Å². The predicted molar refractivity (Wildman–Crippen MR) is 77.5 cm³/mol. The molecule has 0 aliphatic carbocycles. The van der Waals surface area contributed by atoms with Crippen LogP contribution in [0.15, 0.2) is 30.5 Å². The third-order valence-electron chi connectivity index (χ3n) is 2.66. The van der Waals surface area contributed by atoms with Gasteiger partial charge in [-0.15, -0.1) is 0 Å². The number of aromatic nitrogens is 1. The van der Waals surface area contributed by atoms with Gasteiger partial charge in [-0.3, -0.25) is 9.78 Å². The van der Waals surface area contributed by atoms with Crippen LogP contribution < -0.4 is 11.1 Å². The lowest BCUT2D eigenvalue weighted by Crippen LogP contribution is -2.14.